The molecule has 0 radical (unpaired) electrons. The van der Waals surface area contributed by atoms with Crippen LogP contribution in [0.4, 0.5) is 4.39 Å². The smallest absolute Gasteiger partial charge is 0.352 e. The Hall–Kier alpha value is -3.06. The molecular formula is C20H19ClFNO5. The van der Waals surface area contributed by atoms with E-state index in [0.29, 0.717) is 17.9 Å². The molecule has 28 heavy (non-hydrogen) atoms. The van der Waals surface area contributed by atoms with Gasteiger partial charge in [0.05, 0.1) is 11.6 Å². The van der Waals surface area contributed by atoms with Crippen LogP contribution in [0.15, 0.2) is 42.1 Å². The van der Waals surface area contributed by atoms with Crippen LogP contribution in [0.25, 0.3) is 6.08 Å². The van der Waals surface area contributed by atoms with E-state index in [9.17, 15) is 19.1 Å². The monoisotopic (exact) mass is 407 g/mol. The van der Waals surface area contributed by atoms with Gasteiger partial charge in [0.2, 0.25) is 5.91 Å². The Morgan fingerprint density at radius 1 is 1.21 bits per heavy atom. The topological polar surface area (TPSA) is 84.9 Å². The maximum absolute atomic E-state index is 13.0. The van der Waals surface area contributed by atoms with Gasteiger partial charge >= 0.3 is 5.97 Å². The number of nitrogens with one attached hydrogen (secondary N) is 1. The van der Waals surface area contributed by atoms with E-state index in [-0.39, 0.29) is 28.9 Å². The first kappa shape index (κ1) is 21.2. The van der Waals surface area contributed by atoms with Crippen LogP contribution in [0.1, 0.15) is 25.0 Å². The fraction of sp³-hybridized carbons (Fsp3) is 0.200. The van der Waals surface area contributed by atoms with Gasteiger partial charge in [0, 0.05) is 6.92 Å². The van der Waals surface area contributed by atoms with Gasteiger partial charge in [0.15, 0.2) is 11.5 Å². The number of carbonyl (C=O) groups is 2. The number of hydrogen-bond donors (Lipinski definition) is 2. The molecule has 0 aliphatic carbocycles. The Balaban J connectivity index is 2.33. The van der Waals surface area contributed by atoms with E-state index >= 15 is 0 Å². The highest BCUT2D eigenvalue weighted by Crippen LogP contribution is 2.37. The summed E-state index contributed by atoms with van der Waals surface area (Å²) in [5.41, 5.74) is 0.849. The molecule has 0 saturated heterocycles. The van der Waals surface area contributed by atoms with Crippen molar-refractivity contribution >= 4 is 29.6 Å². The zero-order chi connectivity index (χ0) is 20.7. The average molecular weight is 408 g/mol. The third-order valence-electron chi connectivity index (χ3n) is 3.48. The summed E-state index contributed by atoms with van der Waals surface area (Å²) in [6.45, 7) is 3.46. The molecule has 6 nitrogen and oxygen atoms in total. The van der Waals surface area contributed by atoms with Crippen LogP contribution in [-0.2, 0) is 16.2 Å². The first-order valence-electron chi connectivity index (χ1n) is 8.36. The van der Waals surface area contributed by atoms with E-state index in [1.807, 2.05) is 0 Å². The summed E-state index contributed by atoms with van der Waals surface area (Å²) in [5, 5.41) is 11.7. The van der Waals surface area contributed by atoms with Crippen LogP contribution >= 0.6 is 11.6 Å². The number of ether oxygens (including phenoxy) is 2. The Kier molecular flexibility index (Phi) is 7.40. The molecule has 2 rings (SSSR count). The number of carboxylic acids is 1. The van der Waals surface area contributed by atoms with Crippen molar-refractivity contribution in [2.45, 2.75) is 20.5 Å². The lowest BCUT2D eigenvalue weighted by Gasteiger charge is -2.15. The molecule has 0 spiro atoms. The number of amides is 1. The summed E-state index contributed by atoms with van der Waals surface area (Å²) < 4.78 is 24.3. The van der Waals surface area contributed by atoms with Gasteiger partial charge in [-0.2, -0.15) is 0 Å². The van der Waals surface area contributed by atoms with Crippen LogP contribution in [-0.4, -0.2) is 23.6 Å². The molecule has 1 amide bonds. The van der Waals surface area contributed by atoms with Crippen molar-refractivity contribution < 1.29 is 28.6 Å². The maximum atomic E-state index is 13.0. The van der Waals surface area contributed by atoms with Gasteiger partial charge in [-0.3, -0.25) is 4.79 Å². The van der Waals surface area contributed by atoms with Crippen LogP contribution in [0, 0.1) is 5.82 Å². The van der Waals surface area contributed by atoms with Crippen LogP contribution in [0.2, 0.25) is 5.02 Å². The number of halogens is 2. The number of benzene rings is 2. The van der Waals surface area contributed by atoms with Crippen molar-refractivity contribution in [1.29, 1.82) is 0 Å². The molecule has 0 fully saturated rings. The highest BCUT2D eigenvalue weighted by atomic mass is 35.5. The first-order chi connectivity index (χ1) is 13.3. The minimum Gasteiger partial charge on any atom is -0.490 e. The molecule has 2 N–H and O–H groups in total. The standard InChI is InChI=1S/C20H19ClFNO5/c1-3-27-18-10-14(9-17(20(25)26)23-12(2)24)8-16(21)19(18)28-11-13-4-6-15(22)7-5-13/h4-10H,3,11H2,1-2H3,(H,23,24)(H,25,26). The molecule has 0 aliphatic rings. The van der Waals surface area contributed by atoms with Gasteiger partial charge in [-0.05, 0) is 48.4 Å². The van der Waals surface area contributed by atoms with Crippen molar-refractivity contribution in [2.75, 3.05) is 6.61 Å². The van der Waals surface area contributed by atoms with E-state index in [1.165, 1.54) is 31.2 Å². The Morgan fingerprint density at radius 3 is 2.46 bits per heavy atom. The number of aliphatic carboxylic acids is 1. The quantitative estimate of drug-likeness (QED) is 0.645. The largest absolute Gasteiger partial charge is 0.490 e. The van der Waals surface area contributed by atoms with Crippen LogP contribution in [0.5, 0.6) is 11.5 Å². The van der Waals surface area contributed by atoms with Crippen molar-refractivity contribution in [1.82, 2.24) is 5.32 Å². The number of rotatable bonds is 8. The summed E-state index contributed by atoms with van der Waals surface area (Å²) in [6.07, 6.45) is 1.27. The second-order valence-corrected chi connectivity index (χ2v) is 6.13. The van der Waals surface area contributed by atoms with E-state index in [2.05, 4.69) is 5.32 Å². The summed E-state index contributed by atoms with van der Waals surface area (Å²) in [7, 11) is 0. The lowest BCUT2D eigenvalue weighted by Crippen LogP contribution is -2.24. The van der Waals surface area contributed by atoms with Gasteiger partial charge < -0.3 is 19.9 Å². The predicted molar refractivity (Wildman–Crippen MR) is 103 cm³/mol. The van der Waals surface area contributed by atoms with Crippen molar-refractivity contribution in [3.05, 3.63) is 64.1 Å². The van der Waals surface area contributed by atoms with E-state index in [4.69, 9.17) is 21.1 Å². The fourth-order valence-electron chi connectivity index (χ4n) is 2.32. The van der Waals surface area contributed by atoms with E-state index in [0.717, 1.165) is 5.56 Å². The van der Waals surface area contributed by atoms with E-state index < -0.39 is 11.9 Å². The lowest BCUT2D eigenvalue weighted by molar-refractivity contribution is -0.134. The number of hydrogen-bond acceptors (Lipinski definition) is 4. The number of carboxylic acid groups (broad SMARTS) is 1. The minimum atomic E-state index is -1.29. The predicted octanol–water partition coefficient (Wildman–Crippen LogP) is 4.02. The molecule has 0 saturated carbocycles. The zero-order valence-electron chi connectivity index (χ0n) is 15.3. The second kappa shape index (κ2) is 9.75. The van der Waals surface area contributed by atoms with Crippen LogP contribution in [0.3, 0.4) is 0 Å². The fourth-order valence-corrected chi connectivity index (χ4v) is 2.59. The lowest BCUT2D eigenvalue weighted by atomic mass is 10.1. The third kappa shape index (κ3) is 5.99. The summed E-state index contributed by atoms with van der Waals surface area (Å²) in [4.78, 5) is 22.5. The molecule has 148 valence electrons. The Bertz CT molecular complexity index is 896. The van der Waals surface area contributed by atoms with Crippen molar-refractivity contribution in [3.63, 3.8) is 0 Å². The minimum absolute atomic E-state index is 0.140. The van der Waals surface area contributed by atoms with Gasteiger partial charge in [-0.15, -0.1) is 0 Å². The Labute approximate surface area is 166 Å². The molecule has 8 heteroatoms. The maximum Gasteiger partial charge on any atom is 0.352 e. The van der Waals surface area contributed by atoms with Gasteiger partial charge in [-0.25, -0.2) is 9.18 Å². The number of carbonyl (C=O) groups excluding carboxylic acids is 1. The highest BCUT2D eigenvalue weighted by molar-refractivity contribution is 6.32. The molecular weight excluding hydrogens is 389 g/mol. The summed E-state index contributed by atoms with van der Waals surface area (Å²) in [5.74, 6) is -1.55. The molecule has 0 unspecified atom stereocenters. The zero-order valence-corrected chi connectivity index (χ0v) is 16.0. The van der Waals surface area contributed by atoms with Gasteiger partial charge in [0.1, 0.15) is 18.1 Å². The molecule has 0 heterocycles. The van der Waals surface area contributed by atoms with Gasteiger partial charge in [-0.1, -0.05) is 23.7 Å². The van der Waals surface area contributed by atoms with Crippen molar-refractivity contribution in [2.24, 2.45) is 0 Å². The molecule has 0 aliphatic heterocycles. The molecule has 0 aromatic heterocycles. The third-order valence-corrected chi connectivity index (χ3v) is 3.76. The molecule has 0 atom stereocenters. The molecule has 2 aromatic rings. The normalized spacial score (nSPS) is 11.1. The first-order valence-corrected chi connectivity index (χ1v) is 8.74. The second-order valence-electron chi connectivity index (χ2n) is 5.72. The summed E-state index contributed by atoms with van der Waals surface area (Å²) >= 11 is 6.30. The van der Waals surface area contributed by atoms with Crippen LogP contribution < -0.4 is 14.8 Å². The summed E-state index contributed by atoms with van der Waals surface area (Å²) in [6, 6.07) is 8.88. The molecule has 0 bridgehead atoms. The highest BCUT2D eigenvalue weighted by Gasteiger charge is 2.15. The van der Waals surface area contributed by atoms with Crippen molar-refractivity contribution in [3.8, 4) is 11.5 Å². The molecule has 2 aromatic carbocycles. The Morgan fingerprint density at radius 2 is 1.89 bits per heavy atom. The average Bonchev–Trinajstić information content (AvgIpc) is 2.62. The van der Waals surface area contributed by atoms with E-state index in [1.54, 1.807) is 25.1 Å². The van der Waals surface area contributed by atoms with Gasteiger partial charge in [0.25, 0.3) is 0 Å². The SMILES string of the molecule is CCOc1cc(C=C(NC(C)=O)C(=O)O)cc(Cl)c1OCc1ccc(F)cc1.